The predicted molar refractivity (Wildman–Crippen MR) is 124 cm³/mol. The third kappa shape index (κ3) is 4.28. The number of nitrogens with zero attached hydrogens (tertiary/aromatic N) is 3. The largest absolute Gasteiger partial charge is 0.493 e. The van der Waals surface area contributed by atoms with E-state index in [0.717, 1.165) is 12.4 Å². The normalized spacial score (nSPS) is 24.3. The lowest BCUT2D eigenvalue weighted by molar-refractivity contribution is 0.0792. The topological polar surface area (TPSA) is 146 Å². The highest BCUT2D eigenvalue weighted by molar-refractivity contribution is 7.94. The van der Waals surface area contributed by atoms with E-state index in [9.17, 15) is 22.0 Å². The van der Waals surface area contributed by atoms with Crippen LogP contribution in [0.4, 0.5) is 14.5 Å². The predicted octanol–water partition coefficient (Wildman–Crippen LogP) is 2.30. The summed E-state index contributed by atoms with van der Waals surface area (Å²) in [5, 5.41) is 1.79. The Bertz CT molecular complexity index is 1280. The Hall–Kier alpha value is -3.35. The van der Waals surface area contributed by atoms with Crippen LogP contribution in [0.1, 0.15) is 43.2 Å². The molecule has 0 saturated heterocycles. The van der Waals surface area contributed by atoms with Gasteiger partial charge in [-0.2, -0.15) is 0 Å². The monoisotopic (exact) mass is 509 g/mol. The molecule has 0 fully saturated rings. The molecule has 2 atom stereocenters. The zero-order valence-corrected chi connectivity index (χ0v) is 20.1. The Morgan fingerprint density at radius 2 is 2.03 bits per heavy atom. The van der Waals surface area contributed by atoms with Gasteiger partial charge in [0.2, 0.25) is 5.88 Å². The Balaban J connectivity index is 1.64. The first kappa shape index (κ1) is 24.8. The van der Waals surface area contributed by atoms with Crippen LogP contribution in [0, 0.1) is 0 Å². The van der Waals surface area contributed by atoms with Crippen LogP contribution in [0.25, 0.3) is 0 Å². The van der Waals surface area contributed by atoms with E-state index in [0.29, 0.717) is 17.0 Å². The lowest BCUT2D eigenvalue weighted by atomic mass is 9.86. The maximum atomic E-state index is 13.5. The maximum absolute atomic E-state index is 13.5. The highest BCUT2D eigenvalue weighted by atomic mass is 32.2. The van der Waals surface area contributed by atoms with Crippen molar-refractivity contribution in [1.82, 2.24) is 9.97 Å². The zero-order chi connectivity index (χ0) is 25.6. The number of carbonyl (C=O) groups excluding carboxylic acids is 1. The van der Waals surface area contributed by atoms with Crippen molar-refractivity contribution in [2.24, 2.45) is 10.7 Å². The molecule has 13 heteroatoms. The van der Waals surface area contributed by atoms with E-state index in [1.54, 1.807) is 25.1 Å². The van der Waals surface area contributed by atoms with E-state index in [4.69, 9.17) is 15.2 Å². The molecule has 0 aliphatic carbocycles. The number of hydrogen-bond donors (Lipinski definition) is 2. The highest BCUT2D eigenvalue weighted by Crippen LogP contribution is 2.48. The molecule has 0 radical (unpaired) electrons. The molecular weight excluding hydrogens is 484 g/mol. The summed E-state index contributed by atoms with van der Waals surface area (Å²) in [5.74, 6) is -0.308. The van der Waals surface area contributed by atoms with Crippen LogP contribution in [-0.4, -0.2) is 59.8 Å². The smallest absolute Gasteiger partial charge is 0.275 e. The van der Waals surface area contributed by atoms with Gasteiger partial charge in [-0.15, -0.1) is 0 Å². The second-order valence-corrected chi connectivity index (χ2v) is 11.6. The van der Waals surface area contributed by atoms with Crippen LogP contribution in [-0.2, 0) is 15.4 Å². The number of carbonyl (C=O) groups is 1. The molecular formula is C22H25F2N5O5S. The van der Waals surface area contributed by atoms with Crippen molar-refractivity contribution >= 4 is 27.3 Å². The molecule has 1 aromatic carbocycles. The maximum Gasteiger partial charge on any atom is 0.275 e. The number of nitrogens with two attached hydrogens (primary N) is 1. The van der Waals surface area contributed by atoms with E-state index >= 15 is 0 Å². The number of amidine groups is 1. The summed E-state index contributed by atoms with van der Waals surface area (Å²) in [5.41, 5.74) is 5.64. The first-order chi connectivity index (χ1) is 16.4. The first-order valence-corrected chi connectivity index (χ1v) is 12.3. The average molecular weight is 510 g/mol. The minimum Gasteiger partial charge on any atom is -0.493 e. The quantitative estimate of drug-likeness (QED) is 0.624. The number of benzene rings is 1. The van der Waals surface area contributed by atoms with Crippen molar-refractivity contribution in [3.63, 3.8) is 0 Å². The Labute approximate surface area is 200 Å². The fraction of sp³-hybridized carbons (Fsp3) is 0.455. The molecule has 3 heterocycles. The summed E-state index contributed by atoms with van der Waals surface area (Å²) < 4.78 is 60.7. The average Bonchev–Trinajstić information content (AvgIpc) is 2.94. The number of aromatic nitrogens is 2. The molecule has 0 spiro atoms. The number of ether oxygens (including phenoxy) is 2. The van der Waals surface area contributed by atoms with Crippen molar-refractivity contribution in [2.75, 3.05) is 18.5 Å². The zero-order valence-electron chi connectivity index (χ0n) is 19.3. The van der Waals surface area contributed by atoms with Gasteiger partial charge in [0, 0.05) is 17.7 Å². The highest BCUT2D eigenvalue weighted by Gasteiger charge is 2.57. The minimum atomic E-state index is -3.73. The first-order valence-electron chi connectivity index (χ1n) is 10.8. The van der Waals surface area contributed by atoms with Gasteiger partial charge in [0.15, 0.2) is 16.4 Å². The summed E-state index contributed by atoms with van der Waals surface area (Å²) in [6, 6.07) is 4.83. The van der Waals surface area contributed by atoms with E-state index < -0.39 is 44.3 Å². The van der Waals surface area contributed by atoms with Crippen LogP contribution >= 0.6 is 0 Å². The number of halogens is 2. The molecule has 35 heavy (non-hydrogen) atoms. The molecule has 2 aliphatic heterocycles. The van der Waals surface area contributed by atoms with Crippen molar-refractivity contribution in [3.05, 3.63) is 41.9 Å². The molecule has 1 aromatic heterocycles. The number of anilines is 1. The molecule has 188 valence electrons. The SMILES string of the molecule is CC1(C)C(N)=N[C@]2(C)c3cc(NC(=O)c4cnc(OCC(F)F)cn4)ccc3OCC[C@H]2S1(=O)=O. The Morgan fingerprint density at radius 3 is 2.69 bits per heavy atom. The van der Waals surface area contributed by atoms with Gasteiger partial charge in [-0.25, -0.2) is 27.2 Å². The van der Waals surface area contributed by atoms with Crippen LogP contribution in [0.2, 0.25) is 0 Å². The van der Waals surface area contributed by atoms with E-state index in [2.05, 4.69) is 20.3 Å². The number of hydrogen-bond acceptors (Lipinski definition) is 9. The van der Waals surface area contributed by atoms with Gasteiger partial charge in [-0.1, -0.05) is 0 Å². The molecule has 10 nitrogen and oxygen atoms in total. The summed E-state index contributed by atoms with van der Waals surface area (Å²) in [6.07, 6.45) is -0.269. The number of aliphatic imine (C=N–C) groups is 1. The van der Waals surface area contributed by atoms with Gasteiger partial charge in [0.05, 0.1) is 24.3 Å². The van der Waals surface area contributed by atoms with Crippen LogP contribution in [0.5, 0.6) is 11.6 Å². The summed E-state index contributed by atoms with van der Waals surface area (Å²) >= 11 is 0. The van der Waals surface area contributed by atoms with Gasteiger partial charge < -0.3 is 20.5 Å². The van der Waals surface area contributed by atoms with Crippen LogP contribution in [0.15, 0.2) is 35.6 Å². The van der Waals surface area contributed by atoms with Crippen molar-refractivity contribution in [2.45, 2.75) is 49.2 Å². The van der Waals surface area contributed by atoms with E-state index in [-0.39, 0.29) is 30.4 Å². The van der Waals surface area contributed by atoms with Gasteiger partial charge >= 0.3 is 0 Å². The van der Waals surface area contributed by atoms with Crippen LogP contribution < -0.4 is 20.5 Å². The molecule has 2 aliphatic rings. The number of sulfone groups is 1. The third-order valence-corrected chi connectivity index (χ3v) is 9.40. The van der Waals surface area contributed by atoms with Gasteiger partial charge in [-0.3, -0.25) is 9.79 Å². The third-order valence-electron chi connectivity index (χ3n) is 6.32. The van der Waals surface area contributed by atoms with Crippen molar-refractivity contribution in [3.8, 4) is 11.6 Å². The van der Waals surface area contributed by atoms with E-state index in [1.165, 1.54) is 13.8 Å². The molecule has 3 N–H and O–H groups in total. The summed E-state index contributed by atoms with van der Waals surface area (Å²) in [7, 11) is -3.73. The molecule has 1 amide bonds. The van der Waals surface area contributed by atoms with Crippen LogP contribution in [0.3, 0.4) is 0 Å². The number of fused-ring (bicyclic) bond motifs is 3. The summed E-state index contributed by atoms with van der Waals surface area (Å²) in [6.45, 7) is 4.11. The van der Waals surface area contributed by atoms with Crippen molar-refractivity contribution < 1.29 is 31.5 Å². The number of alkyl halides is 2. The van der Waals surface area contributed by atoms with Gasteiger partial charge in [0.25, 0.3) is 12.3 Å². The van der Waals surface area contributed by atoms with Crippen molar-refractivity contribution in [1.29, 1.82) is 0 Å². The number of rotatable bonds is 5. The molecule has 4 rings (SSSR count). The molecule has 0 unspecified atom stereocenters. The number of nitrogens with one attached hydrogen (secondary N) is 1. The second-order valence-electron chi connectivity index (χ2n) is 8.93. The molecule has 0 saturated carbocycles. The second kappa shape index (κ2) is 8.70. The molecule has 2 aromatic rings. The minimum absolute atomic E-state index is 0.00274. The standard InChI is InChI=1S/C22H25F2N5O5S/c1-21(2)20(25)29-22(3)13-8-12(4-5-15(13)33-7-6-16(22)35(21,31)32)28-19(30)14-9-27-18(10-26-14)34-11-17(23)24/h4-5,8-10,16-17H,6-7,11H2,1-3H3,(H2,25,29)(H,28,30)/t16-,22-/m1/s1. The lowest BCUT2D eigenvalue weighted by Gasteiger charge is -2.43. The fourth-order valence-electron chi connectivity index (χ4n) is 4.19. The van der Waals surface area contributed by atoms with Gasteiger partial charge in [-0.05, 0) is 39.0 Å². The fourth-order valence-corrected chi connectivity index (χ4v) is 6.43. The lowest BCUT2D eigenvalue weighted by Crippen LogP contribution is -2.59. The van der Waals surface area contributed by atoms with E-state index in [1.807, 2.05) is 0 Å². The Kier molecular flexibility index (Phi) is 6.16. The summed E-state index contributed by atoms with van der Waals surface area (Å²) in [4.78, 5) is 25.0. The van der Waals surface area contributed by atoms with Gasteiger partial charge in [0.1, 0.15) is 27.6 Å². The number of amides is 1. The Morgan fingerprint density at radius 1 is 1.29 bits per heavy atom. The molecule has 0 bridgehead atoms.